The summed E-state index contributed by atoms with van der Waals surface area (Å²) in [5.74, 6) is -0.550. The van der Waals surface area contributed by atoms with E-state index in [1.165, 1.54) is 19.2 Å². The molecule has 0 aliphatic rings. The number of nitrogens with two attached hydrogens (primary N) is 1. The van der Waals surface area contributed by atoms with E-state index in [1.807, 2.05) is 0 Å². The summed E-state index contributed by atoms with van der Waals surface area (Å²) in [6.07, 6.45) is 0. The highest BCUT2D eigenvalue weighted by Gasteiger charge is 2.13. The van der Waals surface area contributed by atoms with Crippen molar-refractivity contribution in [2.24, 2.45) is 0 Å². The predicted octanol–water partition coefficient (Wildman–Crippen LogP) is 1.16. The van der Waals surface area contributed by atoms with E-state index in [4.69, 9.17) is 15.2 Å². The molecule has 1 rings (SSSR count). The van der Waals surface area contributed by atoms with Crippen LogP contribution >= 0.6 is 0 Å². The molecule has 0 spiro atoms. The number of methoxy groups -OCH3 is 1. The SMILES string of the molecule is CCOC(=O)c1cc(N)c(OC)c(O)c1. The van der Waals surface area contributed by atoms with E-state index in [-0.39, 0.29) is 29.4 Å². The number of carbonyl (C=O) groups is 1. The zero-order chi connectivity index (χ0) is 11.4. The molecule has 0 fully saturated rings. The van der Waals surface area contributed by atoms with Crippen LogP contribution in [0.15, 0.2) is 12.1 Å². The van der Waals surface area contributed by atoms with E-state index in [1.54, 1.807) is 6.92 Å². The average molecular weight is 211 g/mol. The molecule has 0 aliphatic heterocycles. The lowest BCUT2D eigenvalue weighted by Crippen LogP contribution is -2.05. The molecule has 5 nitrogen and oxygen atoms in total. The lowest BCUT2D eigenvalue weighted by Gasteiger charge is -2.08. The molecule has 0 saturated carbocycles. The molecule has 82 valence electrons. The third kappa shape index (κ3) is 2.31. The Bertz CT molecular complexity index is 353. The van der Waals surface area contributed by atoms with Gasteiger partial charge in [0.05, 0.1) is 25.0 Å². The first kappa shape index (κ1) is 11.2. The van der Waals surface area contributed by atoms with E-state index >= 15 is 0 Å². The van der Waals surface area contributed by atoms with Crippen molar-refractivity contribution in [3.8, 4) is 11.5 Å². The maximum atomic E-state index is 11.3. The Morgan fingerprint density at radius 1 is 1.53 bits per heavy atom. The van der Waals surface area contributed by atoms with Crippen LogP contribution in [0.3, 0.4) is 0 Å². The van der Waals surface area contributed by atoms with Crippen LogP contribution in [0.1, 0.15) is 17.3 Å². The number of carbonyl (C=O) groups excluding carboxylic acids is 1. The van der Waals surface area contributed by atoms with Gasteiger partial charge in [0.25, 0.3) is 0 Å². The van der Waals surface area contributed by atoms with Gasteiger partial charge in [0, 0.05) is 0 Å². The molecule has 1 aromatic rings. The van der Waals surface area contributed by atoms with Gasteiger partial charge in [-0.3, -0.25) is 0 Å². The molecule has 0 aromatic heterocycles. The van der Waals surface area contributed by atoms with Crippen LogP contribution in [0, 0.1) is 0 Å². The summed E-state index contributed by atoms with van der Waals surface area (Å²) < 4.78 is 9.61. The molecule has 0 unspecified atom stereocenters. The first-order valence-electron chi connectivity index (χ1n) is 4.43. The Kier molecular flexibility index (Phi) is 3.38. The van der Waals surface area contributed by atoms with Crippen molar-refractivity contribution in [1.29, 1.82) is 0 Å². The summed E-state index contributed by atoms with van der Waals surface area (Å²) in [7, 11) is 1.38. The van der Waals surface area contributed by atoms with Crippen molar-refractivity contribution in [3.05, 3.63) is 17.7 Å². The van der Waals surface area contributed by atoms with E-state index in [0.717, 1.165) is 0 Å². The van der Waals surface area contributed by atoms with Crippen LogP contribution in [0.25, 0.3) is 0 Å². The summed E-state index contributed by atoms with van der Waals surface area (Å²) in [6.45, 7) is 1.97. The number of aromatic hydroxyl groups is 1. The van der Waals surface area contributed by atoms with Crippen molar-refractivity contribution in [2.45, 2.75) is 6.92 Å². The minimum Gasteiger partial charge on any atom is -0.504 e. The quantitative estimate of drug-likeness (QED) is 0.579. The Balaban J connectivity index is 3.08. The Morgan fingerprint density at radius 2 is 2.20 bits per heavy atom. The number of anilines is 1. The fourth-order valence-electron chi connectivity index (χ4n) is 1.19. The smallest absolute Gasteiger partial charge is 0.338 e. The Labute approximate surface area is 87.4 Å². The Morgan fingerprint density at radius 3 is 2.67 bits per heavy atom. The first-order chi connectivity index (χ1) is 7.10. The van der Waals surface area contributed by atoms with Crippen LogP contribution < -0.4 is 10.5 Å². The number of hydrogen-bond donors (Lipinski definition) is 2. The van der Waals surface area contributed by atoms with Crippen LogP contribution in [0.5, 0.6) is 11.5 Å². The summed E-state index contributed by atoms with van der Waals surface area (Å²) in [6, 6.07) is 2.66. The number of hydrogen-bond acceptors (Lipinski definition) is 5. The van der Waals surface area contributed by atoms with Gasteiger partial charge in [-0.1, -0.05) is 0 Å². The molecule has 0 aliphatic carbocycles. The highest BCUT2D eigenvalue weighted by atomic mass is 16.5. The van der Waals surface area contributed by atoms with E-state index in [2.05, 4.69) is 0 Å². The van der Waals surface area contributed by atoms with Gasteiger partial charge < -0.3 is 20.3 Å². The number of esters is 1. The fourth-order valence-corrected chi connectivity index (χ4v) is 1.19. The third-order valence-corrected chi connectivity index (χ3v) is 1.81. The van der Waals surface area contributed by atoms with Crippen molar-refractivity contribution < 1.29 is 19.4 Å². The molecular formula is C10H13NO4. The molecule has 0 saturated heterocycles. The van der Waals surface area contributed by atoms with E-state index in [0.29, 0.717) is 0 Å². The average Bonchev–Trinajstić information content (AvgIpc) is 2.17. The number of rotatable bonds is 3. The summed E-state index contributed by atoms with van der Waals surface area (Å²) in [5.41, 5.74) is 5.97. The monoisotopic (exact) mass is 211 g/mol. The second-order valence-electron chi connectivity index (χ2n) is 2.84. The normalized spacial score (nSPS) is 9.73. The van der Waals surface area contributed by atoms with Crippen molar-refractivity contribution >= 4 is 11.7 Å². The summed E-state index contributed by atoms with van der Waals surface area (Å²) in [5, 5.41) is 9.48. The number of ether oxygens (including phenoxy) is 2. The summed E-state index contributed by atoms with van der Waals surface area (Å²) in [4.78, 5) is 11.3. The van der Waals surface area contributed by atoms with Gasteiger partial charge in [0.2, 0.25) is 0 Å². The van der Waals surface area contributed by atoms with E-state index < -0.39 is 5.97 Å². The maximum absolute atomic E-state index is 11.3. The maximum Gasteiger partial charge on any atom is 0.338 e. The highest BCUT2D eigenvalue weighted by molar-refractivity contribution is 5.92. The van der Waals surface area contributed by atoms with Gasteiger partial charge in [0.15, 0.2) is 11.5 Å². The van der Waals surface area contributed by atoms with Crippen molar-refractivity contribution in [3.63, 3.8) is 0 Å². The molecule has 0 atom stereocenters. The Hall–Kier alpha value is -1.91. The number of benzene rings is 1. The second-order valence-corrected chi connectivity index (χ2v) is 2.84. The fraction of sp³-hybridized carbons (Fsp3) is 0.300. The minimum atomic E-state index is -0.526. The van der Waals surface area contributed by atoms with Crippen molar-refractivity contribution in [1.82, 2.24) is 0 Å². The van der Waals surface area contributed by atoms with Crippen LogP contribution in [0.4, 0.5) is 5.69 Å². The summed E-state index contributed by atoms with van der Waals surface area (Å²) >= 11 is 0. The molecular weight excluding hydrogens is 198 g/mol. The molecule has 0 amide bonds. The standard InChI is InChI=1S/C10H13NO4/c1-3-15-10(13)6-4-7(11)9(14-2)8(12)5-6/h4-5,12H,3,11H2,1-2H3. The number of phenols is 1. The van der Waals surface area contributed by atoms with Crippen LogP contribution in [0.2, 0.25) is 0 Å². The second kappa shape index (κ2) is 4.54. The van der Waals surface area contributed by atoms with Gasteiger partial charge in [-0.2, -0.15) is 0 Å². The van der Waals surface area contributed by atoms with Gasteiger partial charge in [-0.25, -0.2) is 4.79 Å². The molecule has 0 bridgehead atoms. The van der Waals surface area contributed by atoms with E-state index in [9.17, 15) is 9.90 Å². The topological polar surface area (TPSA) is 81.8 Å². The number of nitrogen functional groups attached to an aromatic ring is 1. The molecule has 15 heavy (non-hydrogen) atoms. The zero-order valence-electron chi connectivity index (χ0n) is 8.61. The van der Waals surface area contributed by atoms with Gasteiger partial charge in [-0.15, -0.1) is 0 Å². The van der Waals surface area contributed by atoms with Gasteiger partial charge >= 0.3 is 5.97 Å². The first-order valence-corrected chi connectivity index (χ1v) is 4.43. The van der Waals surface area contributed by atoms with Gasteiger partial charge in [-0.05, 0) is 19.1 Å². The lowest BCUT2D eigenvalue weighted by molar-refractivity contribution is 0.0526. The van der Waals surface area contributed by atoms with Crippen molar-refractivity contribution in [2.75, 3.05) is 19.5 Å². The molecule has 0 radical (unpaired) electrons. The molecule has 1 aromatic carbocycles. The van der Waals surface area contributed by atoms with Crippen LogP contribution in [-0.2, 0) is 4.74 Å². The zero-order valence-corrected chi connectivity index (χ0v) is 8.61. The minimum absolute atomic E-state index is 0.156. The van der Waals surface area contributed by atoms with Crippen LogP contribution in [-0.4, -0.2) is 24.8 Å². The molecule has 0 heterocycles. The predicted molar refractivity (Wildman–Crippen MR) is 55.0 cm³/mol. The number of phenolic OH excluding ortho intramolecular Hbond substituents is 1. The molecule has 5 heteroatoms. The largest absolute Gasteiger partial charge is 0.504 e. The molecule has 3 N–H and O–H groups in total. The van der Waals surface area contributed by atoms with Gasteiger partial charge in [0.1, 0.15) is 0 Å². The highest BCUT2D eigenvalue weighted by Crippen LogP contribution is 2.33. The lowest BCUT2D eigenvalue weighted by atomic mass is 10.1. The third-order valence-electron chi connectivity index (χ3n) is 1.81.